The molecule has 5 N–H and O–H groups in total. The van der Waals surface area contributed by atoms with E-state index in [1.807, 2.05) is 0 Å². The zero-order chi connectivity index (χ0) is 23.2. The van der Waals surface area contributed by atoms with Gasteiger partial charge in [-0.25, -0.2) is 17.9 Å². The minimum atomic E-state index is -3.22. The molecule has 0 atom stereocenters. The molecule has 0 unspecified atom stereocenters. The Labute approximate surface area is 189 Å². The van der Waals surface area contributed by atoms with Crippen LogP contribution in [0.1, 0.15) is 44.1 Å². The number of carbonyl (C=O) groups is 2. The van der Waals surface area contributed by atoms with Crippen molar-refractivity contribution in [2.75, 3.05) is 16.9 Å². The third-order valence-corrected chi connectivity index (χ3v) is 6.53. The van der Waals surface area contributed by atoms with Crippen molar-refractivity contribution in [3.63, 3.8) is 0 Å². The van der Waals surface area contributed by atoms with E-state index in [1.54, 1.807) is 10.7 Å². The molecule has 0 radical (unpaired) electrons. The number of rotatable bonds is 7. The van der Waals surface area contributed by atoms with E-state index in [4.69, 9.17) is 0 Å². The minimum absolute atomic E-state index is 0.0608. The highest BCUT2D eigenvalue weighted by Crippen LogP contribution is 2.27. The molecular formula is C19H25N9O4S. The maximum absolute atomic E-state index is 11.9. The van der Waals surface area contributed by atoms with E-state index in [0.717, 1.165) is 38.5 Å². The number of nitrogens with one attached hydrogen (secondary N) is 5. The number of anilines is 2. The lowest BCUT2D eigenvalue weighted by Gasteiger charge is -2.29. The number of fused-ring (bicyclic) bond motifs is 1. The third-order valence-electron chi connectivity index (χ3n) is 5.77. The minimum Gasteiger partial charge on any atom is -0.351 e. The van der Waals surface area contributed by atoms with Crippen molar-refractivity contribution in [2.45, 2.75) is 56.7 Å². The summed E-state index contributed by atoms with van der Waals surface area (Å²) in [6, 6.07) is -0.200. The van der Waals surface area contributed by atoms with Gasteiger partial charge in [-0.2, -0.15) is 19.6 Å². The van der Waals surface area contributed by atoms with Gasteiger partial charge in [0.1, 0.15) is 5.70 Å². The fourth-order valence-corrected chi connectivity index (χ4v) is 4.88. The molecule has 0 bridgehead atoms. The molecule has 3 aliphatic rings. The molecule has 13 nitrogen and oxygen atoms in total. The SMILES string of the molecule is CS(=O)(=O)N[C@H]1CC[C@H](Nc2nc(NC3CC3)n3ncc(/C=C4\NC(=O)NC4=O)c3n2)CC1. The zero-order valence-electron chi connectivity index (χ0n) is 18.0. The molecule has 3 heterocycles. The van der Waals surface area contributed by atoms with Crippen molar-refractivity contribution in [2.24, 2.45) is 0 Å². The van der Waals surface area contributed by atoms with Gasteiger partial charge in [0.15, 0.2) is 5.65 Å². The second-order valence-corrected chi connectivity index (χ2v) is 10.5. The number of urea groups is 1. The molecule has 2 aliphatic carbocycles. The Kier molecular flexibility index (Phi) is 5.40. The van der Waals surface area contributed by atoms with Crippen LogP contribution in [0.15, 0.2) is 11.9 Å². The number of sulfonamides is 1. The van der Waals surface area contributed by atoms with Gasteiger partial charge in [-0.1, -0.05) is 0 Å². The average molecular weight is 476 g/mol. The van der Waals surface area contributed by atoms with E-state index < -0.39 is 22.0 Å². The summed E-state index contributed by atoms with van der Waals surface area (Å²) in [5.74, 6) is 0.453. The zero-order valence-corrected chi connectivity index (χ0v) is 18.8. The molecule has 3 fully saturated rings. The summed E-state index contributed by atoms with van der Waals surface area (Å²) in [5, 5.41) is 15.7. The molecule has 2 saturated carbocycles. The Bertz CT molecular complexity index is 1240. The molecule has 14 heteroatoms. The molecule has 0 spiro atoms. The fraction of sp³-hybridized carbons (Fsp3) is 0.526. The van der Waals surface area contributed by atoms with Crippen LogP contribution in [0.5, 0.6) is 0 Å². The van der Waals surface area contributed by atoms with E-state index in [0.29, 0.717) is 29.1 Å². The molecule has 0 aromatic carbocycles. The van der Waals surface area contributed by atoms with Crippen molar-refractivity contribution in [1.29, 1.82) is 0 Å². The van der Waals surface area contributed by atoms with Crippen molar-refractivity contribution < 1.29 is 18.0 Å². The standard InChI is InChI=1S/C19H25N9O4S/c1-33(31,32)27-13-6-4-11(5-7-13)21-17-24-15-10(8-14-16(29)25-19(30)23-14)9-20-28(15)18(26-17)22-12-2-3-12/h8-9,11-13,27H,2-7H2,1H3,(H2,21,22,24,26)(H2,23,25,29,30)/b14-8-/t11-,13-. The Morgan fingerprint density at radius 3 is 2.30 bits per heavy atom. The molecule has 2 aromatic rings. The first-order valence-electron chi connectivity index (χ1n) is 10.8. The topological polar surface area (TPSA) is 172 Å². The largest absolute Gasteiger partial charge is 0.351 e. The van der Waals surface area contributed by atoms with E-state index in [-0.39, 0.29) is 17.8 Å². The van der Waals surface area contributed by atoms with Gasteiger partial charge in [0.05, 0.1) is 12.5 Å². The van der Waals surface area contributed by atoms with Crippen LogP contribution in [-0.4, -0.2) is 64.3 Å². The van der Waals surface area contributed by atoms with E-state index in [1.165, 1.54) is 12.3 Å². The summed E-state index contributed by atoms with van der Waals surface area (Å²) >= 11 is 0. The molecule has 2 aromatic heterocycles. The Morgan fingerprint density at radius 1 is 1.00 bits per heavy atom. The summed E-state index contributed by atoms with van der Waals surface area (Å²) in [6.07, 6.45) is 9.36. The van der Waals surface area contributed by atoms with Crippen molar-refractivity contribution in [1.82, 2.24) is 34.9 Å². The van der Waals surface area contributed by atoms with Gasteiger partial charge in [0.2, 0.25) is 21.9 Å². The summed E-state index contributed by atoms with van der Waals surface area (Å²) in [7, 11) is -3.22. The van der Waals surface area contributed by atoms with Crippen molar-refractivity contribution in [3.8, 4) is 0 Å². The van der Waals surface area contributed by atoms with Crippen LogP contribution in [0, 0.1) is 0 Å². The van der Waals surface area contributed by atoms with Gasteiger partial charge in [-0.15, -0.1) is 0 Å². The molecular weight excluding hydrogens is 450 g/mol. The molecule has 176 valence electrons. The lowest BCUT2D eigenvalue weighted by molar-refractivity contribution is -0.115. The lowest BCUT2D eigenvalue weighted by Crippen LogP contribution is -2.39. The molecule has 1 aliphatic heterocycles. The van der Waals surface area contributed by atoms with E-state index in [2.05, 4.69) is 41.1 Å². The smallest absolute Gasteiger partial charge is 0.326 e. The number of hydrogen-bond acceptors (Lipinski definition) is 9. The molecule has 5 rings (SSSR count). The van der Waals surface area contributed by atoms with Gasteiger partial charge in [-0.05, 0) is 44.6 Å². The Morgan fingerprint density at radius 2 is 1.67 bits per heavy atom. The highest BCUT2D eigenvalue weighted by atomic mass is 32.2. The molecule has 1 saturated heterocycles. The van der Waals surface area contributed by atoms with Gasteiger partial charge < -0.3 is 16.0 Å². The Hall–Kier alpha value is -3.26. The predicted octanol–water partition coefficient (Wildman–Crippen LogP) is 0.151. The van der Waals surface area contributed by atoms with Gasteiger partial charge in [0.25, 0.3) is 5.91 Å². The predicted molar refractivity (Wildman–Crippen MR) is 120 cm³/mol. The summed E-state index contributed by atoms with van der Waals surface area (Å²) in [4.78, 5) is 32.6. The quantitative estimate of drug-likeness (QED) is 0.276. The van der Waals surface area contributed by atoms with Crippen LogP contribution in [0.3, 0.4) is 0 Å². The van der Waals surface area contributed by atoms with Crippen LogP contribution in [0.25, 0.3) is 11.7 Å². The van der Waals surface area contributed by atoms with Crippen LogP contribution >= 0.6 is 0 Å². The van der Waals surface area contributed by atoms with Gasteiger partial charge >= 0.3 is 6.03 Å². The van der Waals surface area contributed by atoms with Crippen LogP contribution in [0.4, 0.5) is 16.7 Å². The number of aromatic nitrogens is 4. The first-order valence-corrected chi connectivity index (χ1v) is 12.7. The number of imide groups is 1. The lowest BCUT2D eigenvalue weighted by atomic mass is 9.92. The summed E-state index contributed by atoms with van der Waals surface area (Å²) in [6.45, 7) is 0. The summed E-state index contributed by atoms with van der Waals surface area (Å²) < 4.78 is 27.2. The average Bonchev–Trinajstić information content (AvgIpc) is 3.37. The van der Waals surface area contributed by atoms with Gasteiger partial charge in [-0.3, -0.25) is 10.1 Å². The molecule has 33 heavy (non-hydrogen) atoms. The number of hydrogen-bond donors (Lipinski definition) is 5. The highest BCUT2D eigenvalue weighted by Gasteiger charge is 2.27. The number of amides is 3. The van der Waals surface area contributed by atoms with Gasteiger partial charge in [0, 0.05) is 23.7 Å². The van der Waals surface area contributed by atoms with E-state index >= 15 is 0 Å². The first-order chi connectivity index (χ1) is 15.7. The van der Waals surface area contributed by atoms with Crippen LogP contribution in [-0.2, 0) is 14.8 Å². The normalized spacial score (nSPS) is 24.7. The van der Waals surface area contributed by atoms with Crippen LogP contribution < -0.4 is 26.0 Å². The highest BCUT2D eigenvalue weighted by molar-refractivity contribution is 7.88. The molecule has 3 amide bonds. The number of carbonyl (C=O) groups excluding carboxylic acids is 2. The third kappa shape index (κ3) is 5.06. The summed E-state index contributed by atoms with van der Waals surface area (Å²) in [5.41, 5.74) is 1.17. The number of nitrogens with zero attached hydrogens (tertiary/aromatic N) is 4. The second-order valence-electron chi connectivity index (χ2n) is 8.67. The van der Waals surface area contributed by atoms with Crippen molar-refractivity contribution in [3.05, 3.63) is 17.5 Å². The van der Waals surface area contributed by atoms with Crippen LogP contribution in [0.2, 0.25) is 0 Å². The fourth-order valence-electron chi connectivity index (χ4n) is 4.04. The first kappa shape index (κ1) is 21.6. The van der Waals surface area contributed by atoms with E-state index in [9.17, 15) is 18.0 Å². The maximum Gasteiger partial charge on any atom is 0.326 e. The monoisotopic (exact) mass is 475 g/mol. The second kappa shape index (κ2) is 8.26. The Balaban J connectivity index is 1.39. The van der Waals surface area contributed by atoms with Crippen molar-refractivity contribution >= 4 is 45.6 Å². The maximum atomic E-state index is 11.9.